The summed E-state index contributed by atoms with van der Waals surface area (Å²) in [5, 5.41) is 0. The van der Waals surface area contributed by atoms with Gasteiger partial charge in [-0.2, -0.15) is 0 Å². The Hall–Kier alpha value is -1.59. The Bertz CT molecular complexity index is 668. The highest BCUT2D eigenvalue weighted by Gasteiger charge is 2.23. The van der Waals surface area contributed by atoms with Crippen LogP contribution in [0.25, 0.3) is 11.1 Å². The number of hydrogen-bond donors (Lipinski definition) is 1. The van der Waals surface area contributed by atoms with Crippen molar-refractivity contribution in [2.24, 2.45) is 11.7 Å². The van der Waals surface area contributed by atoms with Crippen molar-refractivity contribution >= 4 is 11.1 Å². The van der Waals surface area contributed by atoms with Gasteiger partial charge in [-0.25, -0.2) is 4.79 Å². The standard InChI is InChI=1S/C16H22N2O3/c1-2-7-18-13-6-5-11(9-14(13)21-16(18)19)15(17)12-4-3-8-20-10-12/h5-6,9,12,15H,2-4,7-8,10,17H2,1H3. The fourth-order valence-corrected chi connectivity index (χ4v) is 3.05. The number of aryl methyl sites for hydroxylation is 1. The molecule has 1 aromatic heterocycles. The molecule has 3 rings (SSSR count). The van der Waals surface area contributed by atoms with Gasteiger partial charge in [-0.15, -0.1) is 0 Å². The number of rotatable bonds is 4. The van der Waals surface area contributed by atoms with Crippen LogP contribution in [0.5, 0.6) is 0 Å². The number of ether oxygens (including phenoxy) is 1. The number of aromatic nitrogens is 1. The van der Waals surface area contributed by atoms with Crippen molar-refractivity contribution < 1.29 is 9.15 Å². The first-order valence-electron chi connectivity index (χ1n) is 7.67. The summed E-state index contributed by atoms with van der Waals surface area (Å²) < 4.78 is 12.5. The number of nitrogens with zero attached hydrogens (tertiary/aromatic N) is 1. The third-order valence-electron chi connectivity index (χ3n) is 4.23. The summed E-state index contributed by atoms with van der Waals surface area (Å²) in [6, 6.07) is 5.77. The van der Waals surface area contributed by atoms with Gasteiger partial charge in [0.25, 0.3) is 0 Å². The van der Waals surface area contributed by atoms with Crippen molar-refractivity contribution in [1.29, 1.82) is 0 Å². The van der Waals surface area contributed by atoms with Gasteiger partial charge in [0.2, 0.25) is 0 Å². The third-order valence-corrected chi connectivity index (χ3v) is 4.23. The summed E-state index contributed by atoms with van der Waals surface area (Å²) in [5.74, 6) is 0.0409. The van der Waals surface area contributed by atoms with Crippen molar-refractivity contribution in [2.45, 2.75) is 38.8 Å². The second kappa shape index (κ2) is 6.03. The minimum absolute atomic E-state index is 0.0745. The molecular formula is C16H22N2O3. The van der Waals surface area contributed by atoms with E-state index < -0.39 is 0 Å². The molecule has 0 amide bonds. The van der Waals surface area contributed by atoms with Crippen molar-refractivity contribution in [3.8, 4) is 0 Å². The minimum atomic E-state index is -0.293. The zero-order valence-electron chi connectivity index (χ0n) is 12.4. The molecule has 2 heterocycles. The Balaban J connectivity index is 1.92. The highest BCUT2D eigenvalue weighted by Crippen LogP contribution is 2.28. The molecule has 21 heavy (non-hydrogen) atoms. The lowest BCUT2D eigenvalue weighted by molar-refractivity contribution is 0.0448. The largest absolute Gasteiger partial charge is 0.419 e. The molecule has 2 atom stereocenters. The normalized spacial score (nSPS) is 20.8. The molecule has 1 fully saturated rings. The molecule has 0 saturated carbocycles. The highest BCUT2D eigenvalue weighted by atomic mass is 16.5. The van der Waals surface area contributed by atoms with Crippen molar-refractivity contribution in [2.75, 3.05) is 13.2 Å². The van der Waals surface area contributed by atoms with Crippen LogP contribution in [0, 0.1) is 5.92 Å². The second-order valence-electron chi connectivity index (χ2n) is 5.75. The Morgan fingerprint density at radius 1 is 1.48 bits per heavy atom. The van der Waals surface area contributed by atoms with Gasteiger partial charge in [0.05, 0.1) is 12.1 Å². The number of hydrogen-bond acceptors (Lipinski definition) is 4. The Kier molecular flexibility index (Phi) is 4.12. The van der Waals surface area contributed by atoms with Crippen LogP contribution >= 0.6 is 0 Å². The molecule has 2 aromatic rings. The van der Waals surface area contributed by atoms with Crippen LogP contribution in [0.3, 0.4) is 0 Å². The molecule has 5 heteroatoms. The lowest BCUT2D eigenvalue weighted by atomic mass is 9.89. The van der Waals surface area contributed by atoms with E-state index in [-0.39, 0.29) is 11.8 Å². The van der Waals surface area contributed by atoms with E-state index in [4.69, 9.17) is 14.9 Å². The van der Waals surface area contributed by atoms with E-state index in [1.165, 1.54) is 0 Å². The molecular weight excluding hydrogens is 268 g/mol. The van der Waals surface area contributed by atoms with E-state index in [0.29, 0.717) is 24.7 Å². The molecule has 2 unspecified atom stereocenters. The first kappa shape index (κ1) is 14.4. The molecule has 0 radical (unpaired) electrons. The van der Waals surface area contributed by atoms with E-state index in [1.807, 2.05) is 25.1 Å². The molecule has 0 bridgehead atoms. The van der Waals surface area contributed by atoms with Gasteiger partial charge in [0, 0.05) is 25.1 Å². The number of oxazole rings is 1. The van der Waals surface area contributed by atoms with Crippen LogP contribution in [0.1, 0.15) is 37.8 Å². The maximum absolute atomic E-state index is 11.9. The fourth-order valence-electron chi connectivity index (χ4n) is 3.05. The Morgan fingerprint density at radius 3 is 3.05 bits per heavy atom. The zero-order valence-corrected chi connectivity index (χ0v) is 12.4. The van der Waals surface area contributed by atoms with Crippen LogP contribution in [0.2, 0.25) is 0 Å². The molecule has 114 valence electrons. The van der Waals surface area contributed by atoms with E-state index in [1.54, 1.807) is 4.57 Å². The predicted molar refractivity (Wildman–Crippen MR) is 81.2 cm³/mol. The SMILES string of the molecule is CCCn1c(=O)oc2cc(C(N)C3CCCOC3)ccc21. The molecule has 0 aliphatic carbocycles. The average molecular weight is 290 g/mol. The predicted octanol–water partition coefficient (Wildman–Crippen LogP) is 2.43. The fraction of sp³-hybridized carbons (Fsp3) is 0.562. The number of fused-ring (bicyclic) bond motifs is 1. The van der Waals surface area contributed by atoms with Crippen LogP contribution in [-0.4, -0.2) is 17.8 Å². The molecule has 1 aliphatic rings. The first-order chi connectivity index (χ1) is 10.2. The van der Waals surface area contributed by atoms with E-state index in [0.717, 1.165) is 36.9 Å². The van der Waals surface area contributed by atoms with E-state index >= 15 is 0 Å². The van der Waals surface area contributed by atoms with Gasteiger partial charge in [0.1, 0.15) is 0 Å². The van der Waals surface area contributed by atoms with Crippen molar-refractivity contribution in [1.82, 2.24) is 4.57 Å². The Morgan fingerprint density at radius 2 is 2.33 bits per heavy atom. The van der Waals surface area contributed by atoms with Gasteiger partial charge in [-0.3, -0.25) is 4.57 Å². The lowest BCUT2D eigenvalue weighted by Gasteiger charge is -2.27. The summed E-state index contributed by atoms with van der Waals surface area (Å²) in [6.07, 6.45) is 3.04. The molecule has 5 nitrogen and oxygen atoms in total. The number of nitrogens with two attached hydrogens (primary N) is 1. The summed E-state index contributed by atoms with van der Waals surface area (Å²) in [4.78, 5) is 11.9. The third kappa shape index (κ3) is 2.76. The maximum atomic E-state index is 11.9. The lowest BCUT2D eigenvalue weighted by Crippen LogP contribution is -2.28. The van der Waals surface area contributed by atoms with Gasteiger partial charge in [0.15, 0.2) is 5.58 Å². The monoisotopic (exact) mass is 290 g/mol. The van der Waals surface area contributed by atoms with E-state index in [9.17, 15) is 4.79 Å². The topological polar surface area (TPSA) is 70.4 Å². The quantitative estimate of drug-likeness (QED) is 0.939. The highest BCUT2D eigenvalue weighted by molar-refractivity contribution is 5.74. The molecule has 2 N–H and O–H groups in total. The average Bonchev–Trinajstić information content (AvgIpc) is 2.83. The molecule has 1 aliphatic heterocycles. The Labute approximate surface area is 123 Å². The van der Waals surface area contributed by atoms with Crippen molar-refractivity contribution in [3.05, 3.63) is 34.3 Å². The number of benzene rings is 1. The first-order valence-corrected chi connectivity index (χ1v) is 7.67. The smallest absolute Gasteiger partial charge is 0.408 e. The summed E-state index contributed by atoms with van der Waals surface area (Å²) in [6.45, 7) is 4.25. The van der Waals surface area contributed by atoms with Crippen LogP contribution in [-0.2, 0) is 11.3 Å². The maximum Gasteiger partial charge on any atom is 0.419 e. The van der Waals surface area contributed by atoms with E-state index in [2.05, 4.69) is 0 Å². The molecule has 0 spiro atoms. The van der Waals surface area contributed by atoms with Crippen molar-refractivity contribution in [3.63, 3.8) is 0 Å². The van der Waals surface area contributed by atoms with Gasteiger partial charge in [-0.1, -0.05) is 13.0 Å². The van der Waals surface area contributed by atoms with Gasteiger partial charge < -0.3 is 14.9 Å². The summed E-state index contributed by atoms with van der Waals surface area (Å²) in [5.41, 5.74) is 8.84. The van der Waals surface area contributed by atoms with Crippen LogP contribution in [0.4, 0.5) is 0 Å². The van der Waals surface area contributed by atoms with Crippen LogP contribution < -0.4 is 11.5 Å². The zero-order chi connectivity index (χ0) is 14.8. The molecule has 1 aromatic carbocycles. The second-order valence-corrected chi connectivity index (χ2v) is 5.75. The van der Waals surface area contributed by atoms with Gasteiger partial charge in [-0.05, 0) is 37.0 Å². The minimum Gasteiger partial charge on any atom is -0.408 e. The summed E-state index contributed by atoms with van der Waals surface area (Å²) in [7, 11) is 0. The molecule has 1 saturated heterocycles. The summed E-state index contributed by atoms with van der Waals surface area (Å²) >= 11 is 0. The van der Waals surface area contributed by atoms with Crippen LogP contribution in [0.15, 0.2) is 27.4 Å². The van der Waals surface area contributed by atoms with Gasteiger partial charge >= 0.3 is 5.76 Å².